The number of halogens is 1. The summed E-state index contributed by atoms with van der Waals surface area (Å²) in [5, 5.41) is 11.8. The normalized spacial score (nSPS) is 17.4. The Bertz CT molecular complexity index is 1800. The third kappa shape index (κ3) is 3.46. The minimum Gasteiger partial charge on any atom is -0.505 e. The summed E-state index contributed by atoms with van der Waals surface area (Å²) >= 11 is 1.25. The van der Waals surface area contributed by atoms with Crippen molar-refractivity contribution in [2.75, 3.05) is 4.90 Å². The van der Waals surface area contributed by atoms with Crippen LogP contribution in [0.1, 0.15) is 34.1 Å². The van der Waals surface area contributed by atoms with Crippen LogP contribution in [0.25, 0.3) is 21.6 Å². The van der Waals surface area contributed by atoms with Gasteiger partial charge in [0.25, 0.3) is 5.78 Å². The maximum absolute atomic E-state index is 15.2. The number of ketones is 1. The molecule has 1 unspecified atom stereocenters. The molecule has 1 aliphatic rings. The van der Waals surface area contributed by atoms with Crippen molar-refractivity contribution in [3.05, 3.63) is 100 Å². The number of rotatable bonds is 3. The Labute approximate surface area is 215 Å². The van der Waals surface area contributed by atoms with Crippen molar-refractivity contribution in [2.45, 2.75) is 26.8 Å². The minimum absolute atomic E-state index is 0.0851. The number of Topliss-reactive ketones (excluding diaryl/α,β-unsaturated/α-hetero) is 1. The average Bonchev–Trinajstić information content (AvgIpc) is 3.50. The van der Waals surface area contributed by atoms with Crippen molar-refractivity contribution in [3.8, 4) is 0 Å². The van der Waals surface area contributed by atoms with E-state index in [0.29, 0.717) is 16.9 Å². The van der Waals surface area contributed by atoms with E-state index in [-0.39, 0.29) is 22.0 Å². The van der Waals surface area contributed by atoms with Crippen LogP contribution < -0.4 is 4.90 Å². The molecule has 2 aromatic carbocycles. The first kappa shape index (κ1) is 23.1. The summed E-state index contributed by atoms with van der Waals surface area (Å²) in [5.41, 5.74) is 3.85. The number of thiazole rings is 1. The molecule has 7 nitrogen and oxygen atoms in total. The van der Waals surface area contributed by atoms with Crippen molar-refractivity contribution in [1.29, 1.82) is 0 Å². The van der Waals surface area contributed by atoms with Gasteiger partial charge in [-0.25, -0.2) is 14.4 Å². The third-order valence-electron chi connectivity index (χ3n) is 6.60. The number of fused-ring (bicyclic) bond motifs is 2. The van der Waals surface area contributed by atoms with Gasteiger partial charge < -0.3 is 5.11 Å². The summed E-state index contributed by atoms with van der Waals surface area (Å²) in [6, 6.07) is 14.0. The van der Waals surface area contributed by atoms with Gasteiger partial charge in [0.15, 0.2) is 10.9 Å². The maximum Gasteiger partial charge on any atom is 0.301 e. The van der Waals surface area contributed by atoms with Gasteiger partial charge >= 0.3 is 5.91 Å². The van der Waals surface area contributed by atoms with Crippen molar-refractivity contribution in [3.63, 3.8) is 0 Å². The highest BCUT2D eigenvalue weighted by molar-refractivity contribution is 7.22. The van der Waals surface area contributed by atoms with Gasteiger partial charge in [-0.15, -0.1) is 0 Å². The molecule has 0 saturated carbocycles. The summed E-state index contributed by atoms with van der Waals surface area (Å²) in [6.45, 7) is 5.60. The average molecular weight is 513 g/mol. The summed E-state index contributed by atoms with van der Waals surface area (Å²) in [6.07, 6.45) is 1.71. The molecule has 3 aromatic heterocycles. The Morgan fingerprint density at radius 2 is 1.78 bits per heavy atom. The van der Waals surface area contributed by atoms with Crippen LogP contribution in [0.3, 0.4) is 0 Å². The van der Waals surface area contributed by atoms with E-state index < -0.39 is 29.3 Å². The van der Waals surface area contributed by atoms with Gasteiger partial charge in [-0.1, -0.05) is 41.7 Å². The highest BCUT2D eigenvalue weighted by Gasteiger charge is 2.49. The van der Waals surface area contributed by atoms with Gasteiger partial charge in [-0.3, -0.25) is 18.9 Å². The fourth-order valence-electron chi connectivity index (χ4n) is 5.01. The number of aryl methyl sites for hydroxylation is 3. The molecular formula is C28H21FN4O3S. The Hall–Kier alpha value is -4.37. The Morgan fingerprint density at radius 3 is 2.57 bits per heavy atom. The fourth-order valence-corrected chi connectivity index (χ4v) is 6.18. The van der Waals surface area contributed by atoms with Crippen molar-refractivity contribution in [2.24, 2.45) is 0 Å². The van der Waals surface area contributed by atoms with Gasteiger partial charge in [0.2, 0.25) is 0 Å². The Balaban J connectivity index is 1.64. The summed E-state index contributed by atoms with van der Waals surface area (Å²) < 4.78 is 17.7. The largest absolute Gasteiger partial charge is 0.505 e. The Kier molecular flexibility index (Phi) is 5.20. The molecule has 1 aliphatic heterocycles. The second-order valence-corrected chi connectivity index (χ2v) is 10.1. The molecule has 6 rings (SSSR count). The van der Waals surface area contributed by atoms with E-state index in [1.165, 1.54) is 34.4 Å². The van der Waals surface area contributed by atoms with Crippen LogP contribution in [0, 0.1) is 26.6 Å². The van der Waals surface area contributed by atoms with E-state index in [2.05, 4.69) is 9.97 Å². The summed E-state index contributed by atoms with van der Waals surface area (Å²) in [5.74, 6) is -2.82. The van der Waals surface area contributed by atoms with Crippen LogP contribution in [0.5, 0.6) is 0 Å². The number of aromatic nitrogens is 3. The molecular weight excluding hydrogens is 491 g/mol. The minimum atomic E-state index is -1.21. The number of aliphatic hydroxyl groups is 1. The molecule has 1 fully saturated rings. The zero-order valence-corrected chi connectivity index (χ0v) is 21.0. The van der Waals surface area contributed by atoms with Gasteiger partial charge in [0, 0.05) is 11.8 Å². The number of hydrogen-bond donors (Lipinski definition) is 1. The number of benzene rings is 2. The number of aliphatic hydroxyl groups excluding tert-OH is 1. The summed E-state index contributed by atoms with van der Waals surface area (Å²) in [4.78, 5) is 37.4. The highest BCUT2D eigenvalue weighted by atomic mass is 32.1. The molecule has 1 atom stereocenters. The quantitative estimate of drug-likeness (QED) is 0.192. The number of nitrogens with zero attached hydrogens (tertiary/aromatic N) is 4. The van der Waals surface area contributed by atoms with Crippen molar-refractivity contribution in [1.82, 2.24) is 14.4 Å². The molecule has 0 spiro atoms. The zero-order valence-electron chi connectivity index (χ0n) is 20.2. The standard InChI is InChI=1S/C28H21FN4O3S/c1-14-12-15(2)22-19(13-14)37-28(31-22)33-24(17-8-4-5-9-18(17)29)21(26(35)27(33)36)25(34)23-16(3)30-20-10-6-7-11-32(20)23/h4-13,24,34H,1-3H3. The van der Waals surface area contributed by atoms with E-state index in [1.807, 2.05) is 26.0 Å². The van der Waals surface area contributed by atoms with Crippen LogP contribution in [0.15, 0.2) is 66.4 Å². The van der Waals surface area contributed by atoms with E-state index >= 15 is 4.39 Å². The molecule has 9 heteroatoms. The molecule has 1 amide bonds. The molecule has 4 heterocycles. The first-order valence-electron chi connectivity index (χ1n) is 11.6. The van der Waals surface area contributed by atoms with Gasteiger partial charge in [0.1, 0.15) is 23.2 Å². The number of hydrogen-bond acceptors (Lipinski definition) is 6. The lowest BCUT2D eigenvalue weighted by Crippen LogP contribution is -2.29. The van der Waals surface area contributed by atoms with Crippen LogP contribution in [0.4, 0.5) is 9.52 Å². The molecule has 0 bridgehead atoms. The van der Waals surface area contributed by atoms with E-state index in [1.54, 1.807) is 41.8 Å². The number of carbonyl (C=O) groups excluding carboxylic acids is 2. The highest BCUT2D eigenvalue weighted by Crippen LogP contribution is 2.45. The number of imidazole rings is 1. The molecule has 1 saturated heterocycles. The number of carbonyl (C=O) groups is 2. The lowest BCUT2D eigenvalue weighted by atomic mass is 9.96. The van der Waals surface area contributed by atoms with Crippen LogP contribution in [0.2, 0.25) is 0 Å². The second kappa shape index (κ2) is 8.35. The maximum atomic E-state index is 15.2. The number of amides is 1. The second-order valence-electron chi connectivity index (χ2n) is 9.09. The van der Waals surface area contributed by atoms with Gasteiger partial charge in [-0.2, -0.15) is 0 Å². The lowest BCUT2D eigenvalue weighted by Gasteiger charge is -2.23. The molecule has 0 radical (unpaired) electrons. The smallest absolute Gasteiger partial charge is 0.301 e. The van der Waals surface area contributed by atoms with E-state index in [4.69, 9.17) is 0 Å². The molecule has 1 N–H and O–H groups in total. The zero-order chi connectivity index (χ0) is 26.0. The Morgan fingerprint density at radius 1 is 1.03 bits per heavy atom. The first-order valence-corrected chi connectivity index (χ1v) is 12.4. The molecule has 0 aliphatic carbocycles. The van der Waals surface area contributed by atoms with Crippen LogP contribution in [-0.2, 0) is 9.59 Å². The SMILES string of the molecule is Cc1cc(C)c2nc(N3C(=O)C(=O)C(=C(O)c4c(C)nc5ccccn45)C3c3ccccc3F)sc2c1. The number of pyridine rings is 1. The third-order valence-corrected chi connectivity index (χ3v) is 7.60. The lowest BCUT2D eigenvalue weighted by molar-refractivity contribution is -0.132. The topological polar surface area (TPSA) is 87.8 Å². The monoisotopic (exact) mass is 512 g/mol. The van der Waals surface area contributed by atoms with Crippen LogP contribution >= 0.6 is 11.3 Å². The fraction of sp³-hybridized carbons (Fsp3) is 0.143. The number of anilines is 1. The predicted octanol–water partition coefficient (Wildman–Crippen LogP) is 5.63. The summed E-state index contributed by atoms with van der Waals surface area (Å²) in [7, 11) is 0. The van der Waals surface area contributed by atoms with Crippen LogP contribution in [-0.4, -0.2) is 31.2 Å². The molecule has 37 heavy (non-hydrogen) atoms. The van der Waals surface area contributed by atoms with Gasteiger partial charge in [-0.05, 0) is 56.2 Å². The van der Waals surface area contributed by atoms with Gasteiger partial charge in [0.05, 0.1) is 21.5 Å². The predicted molar refractivity (Wildman–Crippen MR) is 140 cm³/mol. The van der Waals surface area contributed by atoms with Crippen molar-refractivity contribution >= 4 is 49.8 Å². The van der Waals surface area contributed by atoms with E-state index in [0.717, 1.165) is 15.8 Å². The van der Waals surface area contributed by atoms with Crippen molar-refractivity contribution < 1.29 is 19.1 Å². The first-order chi connectivity index (χ1) is 17.8. The molecule has 5 aromatic rings. The van der Waals surface area contributed by atoms with E-state index in [9.17, 15) is 14.7 Å². The molecule has 184 valence electrons.